The summed E-state index contributed by atoms with van der Waals surface area (Å²) in [5, 5.41) is 4.17. The van der Waals surface area contributed by atoms with E-state index in [4.69, 9.17) is 14.0 Å². The molecule has 0 saturated carbocycles. The molecule has 3 aromatic rings. The Hall–Kier alpha value is -2.03. The second-order valence-corrected chi connectivity index (χ2v) is 7.45. The van der Waals surface area contributed by atoms with Crippen LogP contribution in [-0.4, -0.2) is 32.6 Å². The zero-order valence-corrected chi connectivity index (χ0v) is 16.6. The van der Waals surface area contributed by atoms with Gasteiger partial charge in [0.15, 0.2) is 12.1 Å². The van der Waals surface area contributed by atoms with Gasteiger partial charge in [-0.1, -0.05) is 5.16 Å². The minimum atomic E-state index is -0.164. The molecule has 1 unspecified atom stereocenters. The molecule has 0 N–H and O–H groups in total. The molecular weight excluding hydrogens is 412 g/mol. The zero-order valence-electron chi connectivity index (χ0n) is 15.0. The Morgan fingerprint density at radius 3 is 3.04 bits per heavy atom. The topological polar surface area (TPSA) is 75.2 Å². The third kappa shape index (κ3) is 4.45. The highest BCUT2D eigenvalue weighted by atomic mass is 79.9. The first-order chi connectivity index (χ1) is 13.2. The number of hydrogen-bond acceptors (Lipinski definition) is 6. The number of imidazole rings is 1. The second kappa shape index (κ2) is 8.33. The van der Waals surface area contributed by atoms with Gasteiger partial charge in [0.1, 0.15) is 23.3 Å². The Balaban J connectivity index is 1.44. The van der Waals surface area contributed by atoms with E-state index in [0.717, 1.165) is 47.6 Å². The number of nitrogens with zero attached hydrogens (tertiary/aromatic N) is 4. The quantitative estimate of drug-likeness (QED) is 0.576. The molecule has 0 radical (unpaired) electrons. The SMILES string of the molecule is C[C@H](OC1CCCCO1)c1nccn1Cc1cc(-c2ccc(Br)cn2)on1. The largest absolute Gasteiger partial charge is 0.354 e. The van der Waals surface area contributed by atoms with Crippen LogP contribution in [0.1, 0.15) is 43.8 Å². The van der Waals surface area contributed by atoms with E-state index in [2.05, 4.69) is 31.1 Å². The summed E-state index contributed by atoms with van der Waals surface area (Å²) in [6.07, 6.45) is 8.28. The van der Waals surface area contributed by atoms with Crippen LogP contribution >= 0.6 is 15.9 Å². The third-order valence-corrected chi connectivity index (χ3v) is 4.95. The first-order valence-corrected chi connectivity index (χ1v) is 9.84. The molecule has 1 fully saturated rings. The summed E-state index contributed by atoms with van der Waals surface area (Å²) < 4.78 is 20.1. The van der Waals surface area contributed by atoms with Crippen molar-refractivity contribution in [1.29, 1.82) is 0 Å². The van der Waals surface area contributed by atoms with Crippen molar-refractivity contribution in [2.24, 2.45) is 0 Å². The van der Waals surface area contributed by atoms with Gasteiger partial charge in [0.2, 0.25) is 0 Å². The molecule has 0 amide bonds. The summed E-state index contributed by atoms with van der Waals surface area (Å²) in [5.74, 6) is 1.48. The molecule has 8 heteroatoms. The normalized spacial score (nSPS) is 18.5. The molecule has 4 rings (SSSR count). The van der Waals surface area contributed by atoms with Crippen LogP contribution in [0.25, 0.3) is 11.5 Å². The van der Waals surface area contributed by atoms with Crippen molar-refractivity contribution in [2.75, 3.05) is 6.61 Å². The molecule has 1 aliphatic heterocycles. The van der Waals surface area contributed by atoms with E-state index in [0.29, 0.717) is 12.3 Å². The van der Waals surface area contributed by atoms with Crippen LogP contribution < -0.4 is 0 Å². The van der Waals surface area contributed by atoms with Crippen molar-refractivity contribution in [3.8, 4) is 11.5 Å². The van der Waals surface area contributed by atoms with Crippen molar-refractivity contribution in [2.45, 2.75) is 45.1 Å². The van der Waals surface area contributed by atoms with Gasteiger partial charge in [-0.3, -0.25) is 4.98 Å². The summed E-state index contributed by atoms with van der Waals surface area (Å²) in [6.45, 7) is 3.31. The molecule has 0 aromatic carbocycles. The molecule has 2 atom stereocenters. The molecular formula is C19H21BrN4O3. The molecule has 7 nitrogen and oxygen atoms in total. The highest BCUT2D eigenvalue weighted by molar-refractivity contribution is 9.10. The summed E-state index contributed by atoms with van der Waals surface area (Å²) in [7, 11) is 0. The molecule has 0 spiro atoms. The number of pyridine rings is 1. The molecule has 0 aliphatic carbocycles. The number of halogens is 1. The first-order valence-electron chi connectivity index (χ1n) is 9.04. The lowest BCUT2D eigenvalue weighted by atomic mass is 10.2. The molecule has 142 valence electrons. The molecule has 0 bridgehead atoms. The molecule has 4 heterocycles. The van der Waals surface area contributed by atoms with Crippen molar-refractivity contribution < 1.29 is 14.0 Å². The second-order valence-electron chi connectivity index (χ2n) is 6.53. The predicted octanol–water partition coefficient (Wildman–Crippen LogP) is 4.35. The summed E-state index contributed by atoms with van der Waals surface area (Å²) in [6, 6.07) is 5.71. The lowest BCUT2D eigenvalue weighted by Crippen LogP contribution is -2.24. The van der Waals surface area contributed by atoms with E-state index in [9.17, 15) is 0 Å². The highest BCUT2D eigenvalue weighted by Gasteiger charge is 2.21. The van der Waals surface area contributed by atoms with E-state index in [1.54, 1.807) is 12.4 Å². The van der Waals surface area contributed by atoms with Crippen LogP contribution in [0.15, 0.2) is 45.8 Å². The predicted molar refractivity (Wildman–Crippen MR) is 102 cm³/mol. The number of rotatable bonds is 6. The Morgan fingerprint density at radius 1 is 1.33 bits per heavy atom. The lowest BCUT2D eigenvalue weighted by Gasteiger charge is -2.26. The standard InChI is InChI=1S/C19H21BrN4O3/c1-13(26-18-4-2-3-9-25-18)19-21-7-8-24(19)12-15-10-17(27-23-15)16-6-5-14(20)11-22-16/h5-8,10-11,13,18H,2-4,9,12H2,1H3/t13-,18?/m0/s1. The van der Waals surface area contributed by atoms with E-state index in [1.165, 1.54) is 0 Å². The van der Waals surface area contributed by atoms with Crippen molar-refractivity contribution in [1.82, 2.24) is 19.7 Å². The fourth-order valence-corrected chi connectivity index (χ4v) is 3.36. The fourth-order valence-electron chi connectivity index (χ4n) is 3.12. The average Bonchev–Trinajstić information content (AvgIpc) is 3.33. The Kier molecular flexibility index (Phi) is 5.66. The maximum atomic E-state index is 6.04. The van der Waals surface area contributed by atoms with Gasteiger partial charge in [-0.15, -0.1) is 0 Å². The van der Waals surface area contributed by atoms with Gasteiger partial charge < -0.3 is 18.6 Å². The van der Waals surface area contributed by atoms with E-state index in [-0.39, 0.29) is 12.4 Å². The van der Waals surface area contributed by atoms with Gasteiger partial charge in [-0.25, -0.2) is 4.98 Å². The van der Waals surface area contributed by atoms with Crippen LogP contribution in [0.2, 0.25) is 0 Å². The van der Waals surface area contributed by atoms with Crippen molar-refractivity contribution >= 4 is 15.9 Å². The monoisotopic (exact) mass is 432 g/mol. The maximum Gasteiger partial charge on any atom is 0.185 e. The zero-order chi connectivity index (χ0) is 18.6. The van der Waals surface area contributed by atoms with E-state index >= 15 is 0 Å². The van der Waals surface area contributed by atoms with E-state index in [1.807, 2.05) is 35.9 Å². The van der Waals surface area contributed by atoms with Crippen LogP contribution in [0.4, 0.5) is 0 Å². The smallest absolute Gasteiger partial charge is 0.185 e. The van der Waals surface area contributed by atoms with Crippen LogP contribution in [-0.2, 0) is 16.0 Å². The van der Waals surface area contributed by atoms with E-state index < -0.39 is 0 Å². The maximum absolute atomic E-state index is 6.04. The van der Waals surface area contributed by atoms with Crippen LogP contribution in [0, 0.1) is 0 Å². The Bertz CT molecular complexity index is 871. The molecule has 3 aromatic heterocycles. The first kappa shape index (κ1) is 18.3. The van der Waals surface area contributed by atoms with Gasteiger partial charge in [0.05, 0.1) is 6.54 Å². The third-order valence-electron chi connectivity index (χ3n) is 4.48. The lowest BCUT2D eigenvalue weighted by molar-refractivity contribution is -0.188. The molecule has 1 saturated heterocycles. The highest BCUT2D eigenvalue weighted by Crippen LogP contribution is 2.24. The number of aromatic nitrogens is 4. The van der Waals surface area contributed by atoms with Gasteiger partial charge >= 0.3 is 0 Å². The van der Waals surface area contributed by atoms with Gasteiger partial charge in [0, 0.05) is 35.7 Å². The Morgan fingerprint density at radius 2 is 2.26 bits per heavy atom. The summed E-state index contributed by atoms with van der Waals surface area (Å²) in [4.78, 5) is 8.79. The fraction of sp³-hybridized carbons (Fsp3) is 0.421. The van der Waals surface area contributed by atoms with Crippen LogP contribution in [0.5, 0.6) is 0 Å². The minimum Gasteiger partial charge on any atom is -0.354 e. The van der Waals surface area contributed by atoms with Crippen molar-refractivity contribution in [3.63, 3.8) is 0 Å². The van der Waals surface area contributed by atoms with Crippen molar-refractivity contribution in [3.05, 3.63) is 52.8 Å². The summed E-state index contributed by atoms with van der Waals surface area (Å²) in [5.41, 5.74) is 1.55. The number of hydrogen-bond donors (Lipinski definition) is 0. The number of ether oxygens (including phenoxy) is 2. The van der Waals surface area contributed by atoms with Gasteiger partial charge in [0.25, 0.3) is 0 Å². The Labute approximate surface area is 165 Å². The van der Waals surface area contributed by atoms with Crippen LogP contribution in [0.3, 0.4) is 0 Å². The van der Waals surface area contributed by atoms with Gasteiger partial charge in [-0.2, -0.15) is 0 Å². The molecule has 1 aliphatic rings. The summed E-state index contributed by atoms with van der Waals surface area (Å²) >= 11 is 3.38. The average molecular weight is 433 g/mol. The van der Waals surface area contributed by atoms with Gasteiger partial charge in [-0.05, 0) is 54.2 Å². The minimum absolute atomic E-state index is 0.152. The molecule has 27 heavy (non-hydrogen) atoms.